The Morgan fingerprint density at radius 2 is 2.10 bits per heavy atom. The van der Waals surface area contributed by atoms with E-state index in [1.165, 1.54) is 0 Å². The van der Waals surface area contributed by atoms with Crippen molar-refractivity contribution in [2.24, 2.45) is 0 Å². The van der Waals surface area contributed by atoms with Gasteiger partial charge in [0.05, 0.1) is 6.61 Å². The van der Waals surface area contributed by atoms with Crippen molar-refractivity contribution in [1.29, 1.82) is 0 Å². The lowest BCUT2D eigenvalue weighted by atomic mass is 9.88. The molecule has 0 bridgehead atoms. The minimum atomic E-state index is -0.833. The molecular formula is C13H22N4O4. The zero-order valence-corrected chi connectivity index (χ0v) is 12.4. The highest BCUT2D eigenvalue weighted by Crippen LogP contribution is 2.26. The molecule has 2 saturated heterocycles. The van der Waals surface area contributed by atoms with E-state index in [2.05, 4.69) is 16.0 Å². The van der Waals surface area contributed by atoms with Crippen LogP contribution in [0.25, 0.3) is 0 Å². The van der Waals surface area contributed by atoms with Crippen molar-refractivity contribution >= 4 is 17.8 Å². The molecule has 0 aliphatic carbocycles. The second-order valence-electron chi connectivity index (χ2n) is 5.58. The Balaban J connectivity index is 1.95. The molecule has 21 heavy (non-hydrogen) atoms. The lowest BCUT2D eigenvalue weighted by Gasteiger charge is -2.31. The number of carbonyl (C=O) groups is 3. The molecule has 2 fully saturated rings. The second-order valence-corrected chi connectivity index (χ2v) is 5.58. The van der Waals surface area contributed by atoms with Gasteiger partial charge in [-0.25, -0.2) is 4.79 Å². The van der Waals surface area contributed by atoms with Crippen LogP contribution in [0, 0.1) is 0 Å². The molecule has 2 rings (SSSR count). The Kier molecular flexibility index (Phi) is 4.79. The number of carbonyl (C=O) groups excluding carboxylic acids is 3. The molecular weight excluding hydrogens is 276 g/mol. The number of urea groups is 1. The Morgan fingerprint density at radius 3 is 2.71 bits per heavy atom. The molecule has 1 spiro atoms. The normalized spacial score (nSPS) is 22.3. The minimum absolute atomic E-state index is 0.170. The number of nitrogens with zero attached hydrogens (tertiary/aromatic N) is 1. The van der Waals surface area contributed by atoms with Crippen molar-refractivity contribution in [2.75, 3.05) is 33.4 Å². The molecule has 0 aromatic rings. The number of piperidine rings is 1. The number of ether oxygens (including phenoxy) is 1. The van der Waals surface area contributed by atoms with E-state index in [0.717, 1.165) is 4.90 Å². The first-order valence-electron chi connectivity index (χ1n) is 7.11. The number of imide groups is 1. The smallest absolute Gasteiger partial charge is 0.325 e. The monoisotopic (exact) mass is 298 g/mol. The fraction of sp³-hybridized carbons (Fsp3) is 0.769. The first kappa shape index (κ1) is 15.7. The van der Waals surface area contributed by atoms with Gasteiger partial charge in [-0.1, -0.05) is 0 Å². The fourth-order valence-electron chi connectivity index (χ4n) is 2.77. The van der Waals surface area contributed by atoms with Crippen LogP contribution in [0.1, 0.15) is 19.8 Å². The number of nitrogens with one attached hydrogen (secondary N) is 3. The molecule has 0 radical (unpaired) electrons. The van der Waals surface area contributed by atoms with Crippen molar-refractivity contribution in [2.45, 2.75) is 31.3 Å². The minimum Gasteiger partial charge on any atom is -0.383 e. The van der Waals surface area contributed by atoms with Crippen LogP contribution in [0.4, 0.5) is 4.79 Å². The van der Waals surface area contributed by atoms with Gasteiger partial charge in [-0.2, -0.15) is 0 Å². The SMILES string of the molecule is COCC(C)NC(=O)CN1C(=O)NC2(CCNCC2)C1=O. The first-order chi connectivity index (χ1) is 9.98. The van der Waals surface area contributed by atoms with Crippen LogP contribution in [0.2, 0.25) is 0 Å². The van der Waals surface area contributed by atoms with Crippen LogP contribution in [0.5, 0.6) is 0 Å². The van der Waals surface area contributed by atoms with E-state index in [1.807, 2.05) is 0 Å². The summed E-state index contributed by atoms with van der Waals surface area (Å²) in [7, 11) is 1.54. The predicted molar refractivity (Wildman–Crippen MR) is 74.6 cm³/mol. The summed E-state index contributed by atoms with van der Waals surface area (Å²) in [6.45, 7) is 3.27. The van der Waals surface area contributed by atoms with Crippen LogP contribution in [-0.4, -0.2) is 67.7 Å². The van der Waals surface area contributed by atoms with E-state index < -0.39 is 11.6 Å². The van der Waals surface area contributed by atoms with Crippen LogP contribution in [-0.2, 0) is 14.3 Å². The van der Waals surface area contributed by atoms with E-state index >= 15 is 0 Å². The Hall–Kier alpha value is -1.67. The summed E-state index contributed by atoms with van der Waals surface area (Å²) in [5, 5.41) is 8.59. The van der Waals surface area contributed by atoms with Gasteiger partial charge in [0, 0.05) is 13.2 Å². The maximum atomic E-state index is 12.4. The van der Waals surface area contributed by atoms with Crippen molar-refractivity contribution in [3.05, 3.63) is 0 Å². The molecule has 0 aromatic heterocycles. The third-order valence-corrected chi connectivity index (χ3v) is 3.83. The Bertz CT molecular complexity index is 434. The molecule has 8 nitrogen and oxygen atoms in total. The fourth-order valence-corrected chi connectivity index (χ4v) is 2.77. The maximum Gasteiger partial charge on any atom is 0.325 e. The molecule has 8 heteroatoms. The standard InChI is InChI=1S/C13H22N4O4/c1-9(8-21-2)15-10(18)7-17-11(19)13(16-12(17)20)3-5-14-6-4-13/h9,14H,3-8H2,1-2H3,(H,15,18)(H,16,20). The van der Waals surface area contributed by atoms with E-state index in [1.54, 1.807) is 14.0 Å². The molecule has 1 unspecified atom stereocenters. The molecule has 0 saturated carbocycles. The van der Waals surface area contributed by atoms with E-state index in [-0.39, 0.29) is 24.4 Å². The molecule has 3 N–H and O–H groups in total. The maximum absolute atomic E-state index is 12.4. The summed E-state index contributed by atoms with van der Waals surface area (Å²) >= 11 is 0. The Morgan fingerprint density at radius 1 is 1.43 bits per heavy atom. The first-order valence-corrected chi connectivity index (χ1v) is 7.11. The van der Waals surface area contributed by atoms with Crippen LogP contribution < -0.4 is 16.0 Å². The van der Waals surface area contributed by atoms with Gasteiger partial charge >= 0.3 is 6.03 Å². The van der Waals surface area contributed by atoms with Crippen molar-refractivity contribution in [3.63, 3.8) is 0 Å². The highest BCUT2D eigenvalue weighted by atomic mass is 16.5. The summed E-state index contributed by atoms with van der Waals surface area (Å²) in [5.74, 6) is -0.669. The number of amides is 4. The number of methoxy groups -OCH3 is 1. The number of hydrogen-bond donors (Lipinski definition) is 3. The molecule has 1 atom stereocenters. The highest BCUT2D eigenvalue weighted by molar-refractivity contribution is 6.09. The van der Waals surface area contributed by atoms with Gasteiger partial charge in [-0.05, 0) is 32.9 Å². The summed E-state index contributed by atoms with van der Waals surface area (Å²) in [6, 6.07) is -0.660. The van der Waals surface area contributed by atoms with E-state index in [9.17, 15) is 14.4 Å². The molecule has 118 valence electrons. The van der Waals surface area contributed by atoms with E-state index in [0.29, 0.717) is 32.5 Å². The quantitative estimate of drug-likeness (QED) is 0.554. The third kappa shape index (κ3) is 3.33. The average Bonchev–Trinajstić information content (AvgIpc) is 2.64. The third-order valence-electron chi connectivity index (χ3n) is 3.83. The van der Waals surface area contributed by atoms with Gasteiger partial charge in [0.25, 0.3) is 5.91 Å². The van der Waals surface area contributed by atoms with Crippen LogP contribution in [0.3, 0.4) is 0 Å². The van der Waals surface area contributed by atoms with Crippen molar-refractivity contribution < 1.29 is 19.1 Å². The summed E-state index contributed by atoms with van der Waals surface area (Å²) < 4.78 is 4.93. The zero-order chi connectivity index (χ0) is 15.5. The lowest BCUT2D eigenvalue weighted by molar-refractivity contribution is -0.135. The van der Waals surface area contributed by atoms with Crippen molar-refractivity contribution in [1.82, 2.24) is 20.9 Å². The van der Waals surface area contributed by atoms with Gasteiger partial charge < -0.3 is 20.7 Å². The highest BCUT2D eigenvalue weighted by Gasteiger charge is 2.51. The Labute approximate surface area is 123 Å². The number of hydrogen-bond acceptors (Lipinski definition) is 5. The zero-order valence-electron chi connectivity index (χ0n) is 12.4. The average molecular weight is 298 g/mol. The molecule has 2 heterocycles. The van der Waals surface area contributed by atoms with Gasteiger partial charge in [-0.15, -0.1) is 0 Å². The molecule has 4 amide bonds. The van der Waals surface area contributed by atoms with Crippen molar-refractivity contribution in [3.8, 4) is 0 Å². The van der Waals surface area contributed by atoms with E-state index in [4.69, 9.17) is 4.74 Å². The predicted octanol–water partition coefficient (Wildman–Crippen LogP) is -1.19. The summed E-state index contributed by atoms with van der Waals surface area (Å²) in [4.78, 5) is 37.3. The molecule has 2 aliphatic rings. The summed E-state index contributed by atoms with van der Waals surface area (Å²) in [6.07, 6.45) is 1.10. The second kappa shape index (κ2) is 6.40. The molecule has 0 aromatic carbocycles. The van der Waals surface area contributed by atoms with Crippen LogP contribution in [0.15, 0.2) is 0 Å². The number of rotatable bonds is 5. The lowest BCUT2D eigenvalue weighted by Crippen LogP contribution is -2.54. The largest absolute Gasteiger partial charge is 0.383 e. The molecule has 2 aliphatic heterocycles. The van der Waals surface area contributed by atoms with Gasteiger partial charge in [0.1, 0.15) is 12.1 Å². The van der Waals surface area contributed by atoms with Gasteiger partial charge in [0.15, 0.2) is 0 Å². The summed E-state index contributed by atoms with van der Waals surface area (Å²) in [5.41, 5.74) is -0.833. The van der Waals surface area contributed by atoms with Gasteiger partial charge in [-0.3, -0.25) is 14.5 Å². The topological polar surface area (TPSA) is 99.8 Å². The van der Waals surface area contributed by atoms with Crippen LogP contribution >= 0.6 is 0 Å². The van der Waals surface area contributed by atoms with Gasteiger partial charge in [0.2, 0.25) is 5.91 Å².